The van der Waals surface area contributed by atoms with Gasteiger partial charge < -0.3 is 5.11 Å². The van der Waals surface area contributed by atoms with E-state index >= 15 is 0 Å². The zero-order valence-electron chi connectivity index (χ0n) is 13.5. The molecule has 4 nitrogen and oxygen atoms in total. The Morgan fingerprint density at radius 3 is 2.87 bits per heavy atom. The highest BCUT2D eigenvalue weighted by atomic mass is 32.2. The highest BCUT2D eigenvalue weighted by molar-refractivity contribution is 7.99. The molecular weight excluding hydrogens is 328 g/mol. The van der Waals surface area contributed by atoms with Crippen molar-refractivity contribution in [1.82, 2.24) is 9.55 Å². The standard InChI is InChI=1S/C17H22N2O2S2/c1-4-9-19-16(21)14-10(2)11(3)22-15(14)18-17(19)23-13-8-6-5-7-12(13)20/h4,12-13,20H,1,5-9H2,2-3H3/t12-,13+/m0/s1. The summed E-state index contributed by atoms with van der Waals surface area (Å²) in [4.78, 5) is 19.6. The van der Waals surface area contributed by atoms with Gasteiger partial charge in [-0.25, -0.2) is 4.98 Å². The van der Waals surface area contributed by atoms with Crippen LogP contribution in [-0.4, -0.2) is 26.0 Å². The van der Waals surface area contributed by atoms with E-state index in [0.29, 0.717) is 11.7 Å². The Morgan fingerprint density at radius 1 is 1.43 bits per heavy atom. The molecule has 0 aromatic carbocycles. The molecule has 0 radical (unpaired) electrons. The molecule has 1 saturated carbocycles. The molecule has 1 aliphatic rings. The predicted molar refractivity (Wildman–Crippen MR) is 97.7 cm³/mol. The molecule has 1 aliphatic carbocycles. The first-order valence-electron chi connectivity index (χ1n) is 7.99. The monoisotopic (exact) mass is 350 g/mol. The van der Waals surface area contributed by atoms with Gasteiger partial charge >= 0.3 is 0 Å². The van der Waals surface area contributed by atoms with E-state index in [0.717, 1.165) is 46.3 Å². The second-order valence-corrected chi connectivity index (χ2v) is 8.48. The summed E-state index contributed by atoms with van der Waals surface area (Å²) in [6, 6.07) is 0. The Bertz CT molecular complexity index is 794. The van der Waals surface area contributed by atoms with Crippen molar-refractivity contribution < 1.29 is 5.11 Å². The molecule has 0 amide bonds. The van der Waals surface area contributed by atoms with Crippen molar-refractivity contribution >= 4 is 33.3 Å². The number of aliphatic hydroxyl groups excluding tert-OH is 1. The van der Waals surface area contributed by atoms with E-state index in [-0.39, 0.29) is 16.9 Å². The van der Waals surface area contributed by atoms with Gasteiger partial charge in [-0.3, -0.25) is 9.36 Å². The van der Waals surface area contributed by atoms with Crippen LogP contribution in [0, 0.1) is 13.8 Å². The van der Waals surface area contributed by atoms with Gasteiger partial charge in [-0.05, 0) is 32.3 Å². The topological polar surface area (TPSA) is 55.1 Å². The summed E-state index contributed by atoms with van der Waals surface area (Å²) >= 11 is 3.11. The number of hydrogen-bond acceptors (Lipinski definition) is 5. The number of aryl methyl sites for hydroxylation is 2. The quantitative estimate of drug-likeness (QED) is 0.675. The Hall–Kier alpha value is -1.11. The van der Waals surface area contributed by atoms with Gasteiger partial charge in [-0.1, -0.05) is 30.7 Å². The largest absolute Gasteiger partial charge is 0.392 e. The Morgan fingerprint density at radius 2 is 2.17 bits per heavy atom. The molecule has 2 atom stereocenters. The average molecular weight is 351 g/mol. The van der Waals surface area contributed by atoms with E-state index in [2.05, 4.69) is 6.58 Å². The van der Waals surface area contributed by atoms with Gasteiger partial charge in [0, 0.05) is 16.7 Å². The average Bonchev–Trinajstić information content (AvgIpc) is 2.80. The van der Waals surface area contributed by atoms with Crippen LogP contribution in [0.5, 0.6) is 0 Å². The Kier molecular flexibility index (Phi) is 4.94. The van der Waals surface area contributed by atoms with Crippen LogP contribution < -0.4 is 5.56 Å². The van der Waals surface area contributed by atoms with E-state index in [1.165, 1.54) is 0 Å². The van der Waals surface area contributed by atoms with E-state index in [1.807, 2.05) is 13.8 Å². The first-order valence-corrected chi connectivity index (χ1v) is 9.68. The van der Waals surface area contributed by atoms with Gasteiger partial charge in [-0.15, -0.1) is 17.9 Å². The van der Waals surface area contributed by atoms with Crippen LogP contribution in [0.4, 0.5) is 0 Å². The fourth-order valence-electron chi connectivity index (χ4n) is 3.04. The van der Waals surface area contributed by atoms with Gasteiger partial charge in [0.2, 0.25) is 0 Å². The molecule has 3 rings (SSSR count). The van der Waals surface area contributed by atoms with Crippen LogP contribution in [0.25, 0.3) is 10.2 Å². The van der Waals surface area contributed by atoms with Crippen LogP contribution in [0.1, 0.15) is 36.1 Å². The summed E-state index contributed by atoms with van der Waals surface area (Å²) in [7, 11) is 0. The van der Waals surface area contributed by atoms with E-state index in [9.17, 15) is 9.90 Å². The number of aromatic nitrogens is 2. The fourth-order valence-corrected chi connectivity index (χ4v) is 5.39. The van der Waals surface area contributed by atoms with Crippen molar-refractivity contribution in [3.8, 4) is 0 Å². The number of rotatable bonds is 4. The van der Waals surface area contributed by atoms with Crippen molar-refractivity contribution in [2.75, 3.05) is 0 Å². The minimum atomic E-state index is -0.315. The lowest BCUT2D eigenvalue weighted by Gasteiger charge is -2.27. The molecule has 23 heavy (non-hydrogen) atoms. The smallest absolute Gasteiger partial charge is 0.263 e. The second kappa shape index (κ2) is 6.79. The van der Waals surface area contributed by atoms with Crippen LogP contribution in [0.15, 0.2) is 22.6 Å². The lowest BCUT2D eigenvalue weighted by Crippen LogP contribution is -2.29. The number of aliphatic hydroxyl groups is 1. The van der Waals surface area contributed by atoms with Gasteiger partial charge in [0.15, 0.2) is 5.16 Å². The maximum atomic E-state index is 12.9. The molecule has 1 N–H and O–H groups in total. The highest BCUT2D eigenvalue weighted by Crippen LogP contribution is 2.34. The molecule has 0 spiro atoms. The molecule has 2 aromatic heterocycles. The minimum absolute atomic E-state index is 0.00421. The Balaban J connectivity index is 2.09. The summed E-state index contributed by atoms with van der Waals surface area (Å²) in [5, 5.41) is 11.8. The van der Waals surface area contributed by atoms with E-state index in [4.69, 9.17) is 4.98 Å². The van der Waals surface area contributed by atoms with Crippen molar-refractivity contribution in [1.29, 1.82) is 0 Å². The SMILES string of the molecule is C=CCn1c(S[C@@H]2CCCC[C@@H]2O)nc2sc(C)c(C)c2c1=O. The Labute approximate surface area is 144 Å². The number of thioether (sulfide) groups is 1. The number of nitrogens with zero attached hydrogens (tertiary/aromatic N) is 2. The van der Waals surface area contributed by atoms with Crippen LogP contribution in [0.2, 0.25) is 0 Å². The lowest BCUT2D eigenvalue weighted by molar-refractivity contribution is 0.136. The maximum absolute atomic E-state index is 12.9. The molecule has 1 fully saturated rings. The lowest BCUT2D eigenvalue weighted by atomic mass is 9.97. The summed E-state index contributed by atoms with van der Waals surface area (Å²) in [6.07, 6.45) is 5.42. The summed E-state index contributed by atoms with van der Waals surface area (Å²) in [5.41, 5.74) is 1.03. The molecule has 0 unspecified atom stereocenters. The molecule has 0 saturated heterocycles. The molecule has 124 valence electrons. The van der Waals surface area contributed by atoms with E-state index in [1.54, 1.807) is 33.7 Å². The van der Waals surface area contributed by atoms with Crippen molar-refractivity contribution in [3.63, 3.8) is 0 Å². The maximum Gasteiger partial charge on any atom is 0.263 e. The third-order valence-corrected chi connectivity index (χ3v) is 6.97. The van der Waals surface area contributed by atoms with Gasteiger partial charge in [0.1, 0.15) is 4.83 Å². The number of allylic oxidation sites excluding steroid dienone is 1. The number of hydrogen-bond donors (Lipinski definition) is 1. The van der Waals surface area contributed by atoms with Crippen LogP contribution in [0.3, 0.4) is 0 Å². The van der Waals surface area contributed by atoms with E-state index < -0.39 is 0 Å². The third kappa shape index (κ3) is 3.12. The van der Waals surface area contributed by atoms with Crippen molar-refractivity contribution in [3.05, 3.63) is 33.4 Å². The molecule has 6 heteroatoms. The zero-order chi connectivity index (χ0) is 16.6. The number of thiophene rings is 1. The summed E-state index contributed by atoms with van der Waals surface area (Å²) < 4.78 is 1.69. The van der Waals surface area contributed by atoms with Crippen molar-refractivity contribution in [2.45, 2.75) is 62.6 Å². The van der Waals surface area contributed by atoms with Crippen LogP contribution >= 0.6 is 23.1 Å². The summed E-state index contributed by atoms with van der Waals surface area (Å²) in [5.74, 6) is 0. The van der Waals surface area contributed by atoms with Gasteiger partial charge in [-0.2, -0.15) is 0 Å². The van der Waals surface area contributed by atoms with Gasteiger partial charge in [0.25, 0.3) is 5.56 Å². The second-order valence-electron chi connectivity index (χ2n) is 6.07. The molecule has 2 heterocycles. The first-order chi connectivity index (χ1) is 11.0. The molecule has 0 aliphatic heterocycles. The van der Waals surface area contributed by atoms with Gasteiger partial charge in [0.05, 0.1) is 11.5 Å². The highest BCUT2D eigenvalue weighted by Gasteiger charge is 2.26. The third-order valence-electron chi connectivity index (χ3n) is 4.49. The minimum Gasteiger partial charge on any atom is -0.392 e. The zero-order valence-corrected chi connectivity index (χ0v) is 15.2. The van der Waals surface area contributed by atoms with Crippen LogP contribution in [-0.2, 0) is 6.54 Å². The first kappa shape index (κ1) is 16.7. The van der Waals surface area contributed by atoms with Crippen molar-refractivity contribution in [2.24, 2.45) is 0 Å². The molecular formula is C17H22N2O2S2. The fraction of sp³-hybridized carbons (Fsp3) is 0.529. The molecule has 0 bridgehead atoms. The predicted octanol–water partition coefficient (Wildman–Crippen LogP) is 3.66. The summed E-state index contributed by atoms with van der Waals surface area (Å²) in [6.45, 7) is 8.21. The molecule has 2 aromatic rings. The number of fused-ring (bicyclic) bond motifs is 1. The normalized spacial score (nSPS) is 21.7.